The first-order valence-corrected chi connectivity index (χ1v) is 9.29. The molecule has 0 bridgehead atoms. The number of rotatable bonds is 7. The van der Waals surface area contributed by atoms with Crippen LogP contribution in [0.25, 0.3) is 11.8 Å². The van der Waals surface area contributed by atoms with Crippen molar-refractivity contribution in [1.82, 2.24) is 9.88 Å². The van der Waals surface area contributed by atoms with Crippen LogP contribution in [0.4, 0.5) is 5.69 Å². The van der Waals surface area contributed by atoms with Gasteiger partial charge in [-0.05, 0) is 55.8 Å². The van der Waals surface area contributed by atoms with Gasteiger partial charge in [0.2, 0.25) is 0 Å². The van der Waals surface area contributed by atoms with Crippen LogP contribution >= 0.6 is 0 Å². The van der Waals surface area contributed by atoms with E-state index in [1.165, 1.54) is 25.5 Å². The predicted molar refractivity (Wildman–Crippen MR) is 113 cm³/mol. The average molecular weight is 420 g/mol. The van der Waals surface area contributed by atoms with Crippen LogP contribution in [0.5, 0.6) is 5.75 Å². The molecule has 2 heterocycles. The first-order valence-electron chi connectivity index (χ1n) is 9.29. The van der Waals surface area contributed by atoms with E-state index < -0.39 is 10.8 Å². The number of carbonyl (C=O) groups excluding carboxylic acids is 1. The zero-order valence-corrected chi connectivity index (χ0v) is 17.2. The van der Waals surface area contributed by atoms with Crippen LogP contribution in [0.2, 0.25) is 0 Å². The molecule has 2 aromatic heterocycles. The summed E-state index contributed by atoms with van der Waals surface area (Å²) in [6, 6.07) is 11.7. The number of carbonyl (C=O) groups is 1. The molecule has 0 aliphatic carbocycles. The van der Waals surface area contributed by atoms with Crippen LogP contribution in [0, 0.1) is 35.3 Å². The number of aryl methyl sites for hydroxylation is 1. The van der Waals surface area contributed by atoms with Crippen LogP contribution in [0.1, 0.15) is 22.7 Å². The van der Waals surface area contributed by atoms with E-state index in [1.54, 1.807) is 48.7 Å². The van der Waals surface area contributed by atoms with E-state index in [0.717, 1.165) is 0 Å². The number of hydrogen-bond donors (Lipinski definition) is 1. The molecular formula is C22H20N4O5. The first kappa shape index (κ1) is 21.4. The quantitative estimate of drug-likeness (QED) is 0.268. The van der Waals surface area contributed by atoms with Gasteiger partial charge in [-0.2, -0.15) is 5.26 Å². The summed E-state index contributed by atoms with van der Waals surface area (Å²) in [4.78, 5) is 23.5. The van der Waals surface area contributed by atoms with E-state index in [1.807, 2.05) is 6.07 Å². The number of nitrogens with one attached hydrogen (secondary N) is 1. The minimum absolute atomic E-state index is 0.0870. The third-order valence-corrected chi connectivity index (χ3v) is 4.76. The number of amides is 1. The number of methoxy groups -OCH3 is 1. The van der Waals surface area contributed by atoms with E-state index in [2.05, 4.69) is 5.32 Å². The standard InChI is InChI=1S/C22H20N4O5/c1-14-9-16(10-17(12-23)22(27)24-13-19-5-4-8-31-19)15(2)25(14)20-7-6-18(30-3)11-21(20)26(28)29/h4-11H,13H2,1-3H3,(H,24,27)/b17-10+. The number of ether oxygens (including phenoxy) is 1. The Bertz CT molecular complexity index is 1200. The molecule has 1 N–H and O–H groups in total. The Kier molecular flexibility index (Phi) is 6.21. The Morgan fingerprint density at radius 3 is 2.74 bits per heavy atom. The maximum atomic E-state index is 12.4. The third-order valence-electron chi connectivity index (χ3n) is 4.76. The van der Waals surface area contributed by atoms with Crippen LogP contribution in [0.3, 0.4) is 0 Å². The van der Waals surface area contributed by atoms with Gasteiger partial charge in [-0.1, -0.05) is 0 Å². The highest BCUT2D eigenvalue weighted by Crippen LogP contribution is 2.32. The summed E-state index contributed by atoms with van der Waals surface area (Å²) in [6.07, 6.45) is 2.96. The van der Waals surface area contributed by atoms with Crippen molar-refractivity contribution in [2.75, 3.05) is 7.11 Å². The number of nitriles is 1. The molecule has 0 spiro atoms. The second-order valence-electron chi connectivity index (χ2n) is 6.71. The van der Waals surface area contributed by atoms with Gasteiger partial charge in [-0.15, -0.1) is 0 Å². The van der Waals surface area contributed by atoms with E-state index in [9.17, 15) is 20.2 Å². The molecule has 0 aliphatic heterocycles. The number of nitro groups is 1. The lowest BCUT2D eigenvalue weighted by Gasteiger charge is -2.11. The van der Waals surface area contributed by atoms with Crippen LogP contribution in [-0.2, 0) is 11.3 Å². The fourth-order valence-electron chi connectivity index (χ4n) is 3.25. The van der Waals surface area contributed by atoms with Crippen molar-refractivity contribution in [3.8, 4) is 17.5 Å². The molecule has 0 radical (unpaired) electrons. The van der Waals surface area contributed by atoms with E-state index >= 15 is 0 Å². The monoisotopic (exact) mass is 420 g/mol. The summed E-state index contributed by atoms with van der Waals surface area (Å²) in [5, 5.41) is 23.7. The molecule has 3 rings (SSSR count). The molecule has 0 aliphatic rings. The zero-order valence-electron chi connectivity index (χ0n) is 17.2. The van der Waals surface area contributed by atoms with E-state index in [4.69, 9.17) is 9.15 Å². The van der Waals surface area contributed by atoms with Gasteiger partial charge >= 0.3 is 0 Å². The molecule has 0 saturated carbocycles. The van der Waals surface area contributed by atoms with Gasteiger partial charge in [-0.3, -0.25) is 14.9 Å². The van der Waals surface area contributed by atoms with Gasteiger partial charge in [0.1, 0.15) is 28.8 Å². The van der Waals surface area contributed by atoms with Crippen molar-refractivity contribution in [2.45, 2.75) is 20.4 Å². The van der Waals surface area contributed by atoms with Crippen molar-refractivity contribution in [1.29, 1.82) is 5.26 Å². The normalized spacial score (nSPS) is 11.1. The topological polar surface area (TPSA) is 123 Å². The molecule has 1 amide bonds. The van der Waals surface area contributed by atoms with Crippen molar-refractivity contribution in [2.24, 2.45) is 0 Å². The second-order valence-corrected chi connectivity index (χ2v) is 6.71. The number of aromatic nitrogens is 1. The van der Waals surface area contributed by atoms with Gasteiger partial charge < -0.3 is 19.0 Å². The van der Waals surface area contributed by atoms with Crippen molar-refractivity contribution < 1.29 is 18.9 Å². The van der Waals surface area contributed by atoms with Crippen LogP contribution in [0.15, 0.2) is 52.7 Å². The Balaban J connectivity index is 1.96. The van der Waals surface area contributed by atoms with Gasteiger partial charge in [-0.25, -0.2) is 0 Å². The maximum Gasteiger partial charge on any atom is 0.296 e. The number of furan rings is 1. The largest absolute Gasteiger partial charge is 0.496 e. The lowest BCUT2D eigenvalue weighted by atomic mass is 10.1. The van der Waals surface area contributed by atoms with Crippen molar-refractivity contribution >= 4 is 17.7 Å². The van der Waals surface area contributed by atoms with Gasteiger partial charge in [0.25, 0.3) is 11.6 Å². The molecular weight excluding hydrogens is 400 g/mol. The highest BCUT2D eigenvalue weighted by molar-refractivity contribution is 6.01. The van der Waals surface area contributed by atoms with Crippen LogP contribution < -0.4 is 10.1 Å². The lowest BCUT2D eigenvalue weighted by molar-refractivity contribution is -0.384. The van der Waals surface area contributed by atoms with Gasteiger partial charge in [0.05, 0.1) is 30.9 Å². The number of hydrogen-bond acceptors (Lipinski definition) is 6. The molecule has 9 heteroatoms. The van der Waals surface area contributed by atoms with E-state index in [-0.39, 0.29) is 17.8 Å². The molecule has 0 saturated heterocycles. The molecule has 31 heavy (non-hydrogen) atoms. The van der Waals surface area contributed by atoms with E-state index in [0.29, 0.717) is 34.1 Å². The number of benzene rings is 1. The smallest absolute Gasteiger partial charge is 0.296 e. The van der Waals surface area contributed by atoms with Crippen molar-refractivity contribution in [3.05, 3.63) is 81.1 Å². The molecule has 3 aromatic rings. The number of nitrogens with zero attached hydrogens (tertiary/aromatic N) is 3. The Hall–Kier alpha value is -4.32. The lowest BCUT2D eigenvalue weighted by Crippen LogP contribution is -2.23. The number of nitro benzene ring substituents is 1. The van der Waals surface area contributed by atoms with Crippen molar-refractivity contribution in [3.63, 3.8) is 0 Å². The first-order chi connectivity index (χ1) is 14.8. The SMILES string of the molecule is COc1ccc(-n2c(C)cc(/C=C(\C#N)C(=O)NCc3ccco3)c2C)c([N+](=O)[O-])c1. The summed E-state index contributed by atoms with van der Waals surface area (Å²) in [7, 11) is 1.44. The Morgan fingerprint density at radius 1 is 1.35 bits per heavy atom. The summed E-state index contributed by atoms with van der Waals surface area (Å²) < 4.78 is 12.0. The minimum atomic E-state index is -0.542. The predicted octanol–water partition coefficient (Wildman–Crippen LogP) is 3.83. The Morgan fingerprint density at radius 2 is 2.13 bits per heavy atom. The summed E-state index contributed by atoms with van der Waals surface area (Å²) in [5.41, 5.74) is 2.13. The fourth-order valence-corrected chi connectivity index (χ4v) is 3.25. The highest BCUT2D eigenvalue weighted by atomic mass is 16.6. The summed E-state index contributed by atoms with van der Waals surface area (Å²) in [5.74, 6) is 0.396. The molecule has 1 aromatic carbocycles. The minimum Gasteiger partial charge on any atom is -0.496 e. The van der Waals surface area contributed by atoms with Gasteiger partial charge in [0, 0.05) is 11.4 Å². The third kappa shape index (κ3) is 4.48. The fraction of sp³-hybridized carbons (Fsp3) is 0.182. The second kappa shape index (κ2) is 9.00. The Labute approximate surface area is 178 Å². The molecule has 0 unspecified atom stereocenters. The zero-order chi connectivity index (χ0) is 22.5. The highest BCUT2D eigenvalue weighted by Gasteiger charge is 2.21. The summed E-state index contributed by atoms with van der Waals surface area (Å²) >= 11 is 0. The molecule has 0 fully saturated rings. The summed E-state index contributed by atoms with van der Waals surface area (Å²) in [6.45, 7) is 3.71. The average Bonchev–Trinajstić information content (AvgIpc) is 3.37. The maximum absolute atomic E-state index is 12.4. The molecule has 9 nitrogen and oxygen atoms in total. The van der Waals surface area contributed by atoms with Crippen LogP contribution in [-0.4, -0.2) is 22.5 Å². The van der Waals surface area contributed by atoms with Gasteiger partial charge in [0.15, 0.2) is 0 Å². The molecule has 0 atom stereocenters. The molecule has 158 valence electrons.